The Morgan fingerprint density at radius 3 is 2.92 bits per heavy atom. The third-order valence-corrected chi connectivity index (χ3v) is 5.06. The highest BCUT2D eigenvalue weighted by molar-refractivity contribution is 9.10. The molecular weight excluding hydrogens is 374 g/mol. The minimum Gasteiger partial charge on any atom is -0.449 e. The molecule has 0 aliphatic carbocycles. The fourth-order valence-corrected chi connectivity index (χ4v) is 3.70. The van der Waals surface area contributed by atoms with Crippen molar-refractivity contribution in [3.63, 3.8) is 0 Å². The number of unbranched alkanes of at least 4 members (excludes halogenated alkanes) is 1. The molecule has 7 nitrogen and oxygen atoms in total. The van der Waals surface area contributed by atoms with E-state index in [2.05, 4.69) is 39.0 Å². The number of hydrogen-bond acceptors (Lipinski definition) is 5. The van der Waals surface area contributed by atoms with Gasteiger partial charge in [-0.25, -0.2) is 14.3 Å². The summed E-state index contributed by atoms with van der Waals surface area (Å²) in [6.07, 6.45) is 4.97. The van der Waals surface area contributed by atoms with E-state index < -0.39 is 0 Å². The number of anilines is 1. The van der Waals surface area contributed by atoms with Gasteiger partial charge in [0.25, 0.3) is 0 Å². The first kappa shape index (κ1) is 17.0. The third-order valence-electron chi connectivity index (χ3n) is 4.46. The molecule has 1 saturated heterocycles. The highest BCUT2D eigenvalue weighted by atomic mass is 79.9. The Kier molecular flexibility index (Phi) is 5.23. The Bertz CT molecular complexity index is 725. The van der Waals surface area contributed by atoms with E-state index in [9.17, 15) is 4.79 Å². The molecule has 0 atom stereocenters. The van der Waals surface area contributed by atoms with Gasteiger partial charge in [0, 0.05) is 29.2 Å². The molecule has 0 aromatic carbocycles. The Morgan fingerprint density at radius 2 is 2.21 bits per heavy atom. The van der Waals surface area contributed by atoms with Gasteiger partial charge >= 0.3 is 6.09 Å². The third kappa shape index (κ3) is 3.33. The minimum absolute atomic E-state index is 0.199. The van der Waals surface area contributed by atoms with Gasteiger partial charge in [-0.2, -0.15) is 5.10 Å². The summed E-state index contributed by atoms with van der Waals surface area (Å²) in [4.78, 5) is 17.9. The lowest BCUT2D eigenvalue weighted by Gasteiger charge is -2.31. The first-order valence-electron chi connectivity index (χ1n) is 8.31. The summed E-state index contributed by atoms with van der Waals surface area (Å²) >= 11 is 3.54. The first-order chi connectivity index (χ1) is 11.6. The second kappa shape index (κ2) is 7.38. The average molecular weight is 396 g/mol. The lowest BCUT2D eigenvalue weighted by atomic mass is 9.94. The smallest absolute Gasteiger partial charge is 0.409 e. The maximum atomic E-state index is 12.0. The molecule has 1 amide bonds. The molecule has 1 aliphatic heterocycles. The molecule has 8 heteroatoms. The number of rotatable bonds is 4. The standard InChI is InChI=1S/C16H22BrN5O2/c1-2-3-8-24-16(23)21-6-4-11(5-7-21)13-9-12(17)14-15(18)19-10-20-22(13)14/h9-11H,2-8H2,1H3,(H2,18,19,20). The lowest BCUT2D eigenvalue weighted by molar-refractivity contribution is 0.0913. The zero-order valence-corrected chi connectivity index (χ0v) is 15.3. The number of hydrogen-bond donors (Lipinski definition) is 1. The Hall–Kier alpha value is -1.83. The zero-order chi connectivity index (χ0) is 17.1. The molecule has 1 fully saturated rings. The van der Waals surface area contributed by atoms with Crippen LogP contribution in [-0.4, -0.2) is 45.3 Å². The summed E-state index contributed by atoms with van der Waals surface area (Å²) in [6.45, 7) is 3.97. The molecule has 0 bridgehead atoms. The summed E-state index contributed by atoms with van der Waals surface area (Å²) < 4.78 is 8.04. The van der Waals surface area contributed by atoms with Crippen molar-refractivity contribution in [3.05, 3.63) is 22.6 Å². The molecular formula is C16H22BrN5O2. The largest absolute Gasteiger partial charge is 0.449 e. The van der Waals surface area contributed by atoms with Gasteiger partial charge in [-0.3, -0.25) is 0 Å². The van der Waals surface area contributed by atoms with E-state index in [1.807, 2.05) is 4.52 Å². The van der Waals surface area contributed by atoms with Crippen molar-refractivity contribution in [1.29, 1.82) is 0 Å². The number of halogens is 1. The molecule has 3 rings (SSSR count). The summed E-state index contributed by atoms with van der Waals surface area (Å²) in [6, 6.07) is 2.06. The number of piperidine rings is 1. The van der Waals surface area contributed by atoms with Crippen molar-refractivity contribution in [2.24, 2.45) is 0 Å². The van der Waals surface area contributed by atoms with Crippen LogP contribution in [0.2, 0.25) is 0 Å². The van der Waals surface area contributed by atoms with E-state index in [-0.39, 0.29) is 6.09 Å². The number of nitrogens with zero attached hydrogens (tertiary/aromatic N) is 4. The van der Waals surface area contributed by atoms with Crippen LogP contribution in [-0.2, 0) is 4.74 Å². The van der Waals surface area contributed by atoms with Crippen LogP contribution in [0.1, 0.15) is 44.2 Å². The normalized spacial score (nSPS) is 15.8. The summed E-state index contributed by atoms with van der Waals surface area (Å²) in [5, 5.41) is 4.33. The van der Waals surface area contributed by atoms with Gasteiger partial charge in [0.2, 0.25) is 0 Å². The Balaban J connectivity index is 1.67. The van der Waals surface area contributed by atoms with Crippen molar-refractivity contribution in [2.45, 2.75) is 38.5 Å². The number of ether oxygens (including phenoxy) is 1. The topological polar surface area (TPSA) is 85.8 Å². The molecule has 0 radical (unpaired) electrons. The highest BCUT2D eigenvalue weighted by Crippen LogP contribution is 2.34. The highest BCUT2D eigenvalue weighted by Gasteiger charge is 2.27. The maximum absolute atomic E-state index is 12.0. The van der Waals surface area contributed by atoms with Gasteiger partial charge < -0.3 is 15.4 Å². The van der Waals surface area contributed by atoms with Crippen LogP contribution in [0, 0.1) is 0 Å². The van der Waals surface area contributed by atoms with Crippen molar-refractivity contribution >= 4 is 33.4 Å². The minimum atomic E-state index is -0.199. The number of fused-ring (bicyclic) bond motifs is 1. The number of amides is 1. The quantitative estimate of drug-likeness (QED) is 0.803. The van der Waals surface area contributed by atoms with Crippen molar-refractivity contribution < 1.29 is 9.53 Å². The van der Waals surface area contributed by atoms with E-state index in [4.69, 9.17) is 10.5 Å². The summed E-state index contributed by atoms with van der Waals surface area (Å²) in [5.74, 6) is 0.790. The molecule has 2 N–H and O–H groups in total. The monoisotopic (exact) mass is 395 g/mol. The number of aromatic nitrogens is 3. The van der Waals surface area contributed by atoms with E-state index in [1.54, 1.807) is 4.90 Å². The van der Waals surface area contributed by atoms with E-state index in [0.29, 0.717) is 31.4 Å². The summed E-state index contributed by atoms with van der Waals surface area (Å²) in [5.41, 5.74) is 7.85. The number of nitrogens with two attached hydrogens (primary N) is 1. The number of nitrogen functional groups attached to an aromatic ring is 1. The first-order valence-corrected chi connectivity index (χ1v) is 9.10. The van der Waals surface area contributed by atoms with Crippen molar-refractivity contribution in [2.75, 3.05) is 25.4 Å². The second-order valence-electron chi connectivity index (χ2n) is 6.05. The van der Waals surface area contributed by atoms with Crippen LogP contribution in [0.25, 0.3) is 5.52 Å². The van der Waals surface area contributed by atoms with Crippen LogP contribution in [0.15, 0.2) is 16.9 Å². The van der Waals surface area contributed by atoms with Crippen LogP contribution >= 0.6 is 15.9 Å². The number of carbonyl (C=O) groups is 1. The number of likely N-dealkylation sites (tertiary alicyclic amines) is 1. The molecule has 2 aromatic rings. The molecule has 0 saturated carbocycles. The van der Waals surface area contributed by atoms with E-state index in [1.165, 1.54) is 6.33 Å². The van der Waals surface area contributed by atoms with Gasteiger partial charge in [-0.15, -0.1) is 0 Å². The van der Waals surface area contributed by atoms with Gasteiger partial charge in [-0.1, -0.05) is 13.3 Å². The predicted octanol–water partition coefficient (Wildman–Crippen LogP) is 3.19. The van der Waals surface area contributed by atoms with Crippen LogP contribution in [0.3, 0.4) is 0 Å². The molecule has 0 unspecified atom stereocenters. The van der Waals surface area contributed by atoms with Gasteiger partial charge in [-0.05, 0) is 41.3 Å². The van der Waals surface area contributed by atoms with E-state index in [0.717, 1.165) is 41.4 Å². The zero-order valence-electron chi connectivity index (χ0n) is 13.7. The molecule has 24 heavy (non-hydrogen) atoms. The Labute approximate surface area is 149 Å². The van der Waals surface area contributed by atoms with Crippen LogP contribution < -0.4 is 5.73 Å². The fraction of sp³-hybridized carbons (Fsp3) is 0.562. The van der Waals surface area contributed by atoms with Gasteiger partial charge in [0.1, 0.15) is 11.8 Å². The Morgan fingerprint density at radius 1 is 1.46 bits per heavy atom. The predicted molar refractivity (Wildman–Crippen MR) is 94.9 cm³/mol. The second-order valence-corrected chi connectivity index (χ2v) is 6.91. The SMILES string of the molecule is CCCCOC(=O)N1CCC(c2cc(Br)c3c(N)ncnn23)CC1. The molecule has 130 valence electrons. The van der Waals surface area contributed by atoms with Gasteiger partial charge in [0.15, 0.2) is 5.82 Å². The van der Waals surface area contributed by atoms with Gasteiger partial charge in [0.05, 0.1) is 6.61 Å². The van der Waals surface area contributed by atoms with E-state index >= 15 is 0 Å². The maximum Gasteiger partial charge on any atom is 0.409 e. The van der Waals surface area contributed by atoms with Crippen molar-refractivity contribution in [3.8, 4) is 0 Å². The lowest BCUT2D eigenvalue weighted by Crippen LogP contribution is -2.38. The molecule has 0 spiro atoms. The average Bonchev–Trinajstić information content (AvgIpc) is 2.93. The molecule has 3 heterocycles. The van der Waals surface area contributed by atoms with Crippen LogP contribution in [0.4, 0.5) is 10.6 Å². The fourth-order valence-electron chi connectivity index (χ4n) is 3.09. The van der Waals surface area contributed by atoms with Crippen molar-refractivity contribution in [1.82, 2.24) is 19.5 Å². The molecule has 2 aromatic heterocycles. The number of carbonyl (C=O) groups excluding carboxylic acids is 1. The summed E-state index contributed by atoms with van der Waals surface area (Å²) in [7, 11) is 0. The molecule has 1 aliphatic rings. The van der Waals surface area contributed by atoms with Crippen LogP contribution in [0.5, 0.6) is 0 Å².